The zero-order chi connectivity index (χ0) is 26.5. The molecule has 3 aromatic rings. The zero-order valence-corrected chi connectivity index (χ0v) is 22.8. The van der Waals surface area contributed by atoms with Gasteiger partial charge in [-0.3, -0.25) is 14.6 Å². The van der Waals surface area contributed by atoms with Crippen molar-refractivity contribution in [3.05, 3.63) is 71.8 Å². The van der Waals surface area contributed by atoms with Crippen molar-refractivity contribution in [2.24, 2.45) is 0 Å². The fraction of sp³-hybridized carbons (Fsp3) is 0.414. The number of hydrogen-bond acceptors (Lipinski definition) is 7. The number of likely N-dealkylation sites (N-methyl/N-ethyl adjacent to an activating group) is 1. The second kappa shape index (κ2) is 11.8. The second-order valence-corrected chi connectivity index (χ2v) is 12.5. The van der Waals surface area contributed by atoms with E-state index in [1.807, 2.05) is 60.7 Å². The van der Waals surface area contributed by atoms with Gasteiger partial charge in [-0.1, -0.05) is 36.4 Å². The summed E-state index contributed by atoms with van der Waals surface area (Å²) in [5, 5.41) is 4.98. The summed E-state index contributed by atoms with van der Waals surface area (Å²) in [6.07, 6.45) is 0. The number of carbonyl (C=O) groups is 1. The van der Waals surface area contributed by atoms with Crippen molar-refractivity contribution in [1.82, 2.24) is 14.7 Å². The third-order valence-corrected chi connectivity index (χ3v) is 9.06. The fourth-order valence-corrected chi connectivity index (χ4v) is 6.26. The maximum absolute atomic E-state index is 13.1. The van der Waals surface area contributed by atoms with Crippen LogP contribution in [0.3, 0.4) is 0 Å². The van der Waals surface area contributed by atoms with Crippen molar-refractivity contribution in [3.8, 4) is 5.75 Å². The Kier molecular flexibility index (Phi) is 8.28. The molecule has 0 aromatic heterocycles. The molecule has 2 aliphatic heterocycles. The van der Waals surface area contributed by atoms with Crippen LogP contribution in [0.4, 0.5) is 5.69 Å². The number of ether oxygens (including phenoxy) is 1. The van der Waals surface area contributed by atoms with Crippen molar-refractivity contribution in [1.29, 1.82) is 0 Å². The van der Waals surface area contributed by atoms with E-state index in [0.717, 1.165) is 60.5 Å². The zero-order valence-electron chi connectivity index (χ0n) is 21.9. The molecule has 202 valence electrons. The quantitative estimate of drug-likeness (QED) is 0.474. The summed E-state index contributed by atoms with van der Waals surface area (Å²) in [4.78, 5) is 20.0. The van der Waals surface area contributed by atoms with Gasteiger partial charge in [-0.2, -0.15) is 0 Å². The summed E-state index contributed by atoms with van der Waals surface area (Å²) in [6, 6.07) is 19.3. The van der Waals surface area contributed by atoms with Gasteiger partial charge in [0.2, 0.25) is 0 Å². The summed E-state index contributed by atoms with van der Waals surface area (Å²) in [5.41, 5.74) is 2.38. The summed E-state index contributed by atoms with van der Waals surface area (Å²) in [5.74, 6) is 1.07. The molecular weight excluding hydrogens is 500 g/mol. The van der Waals surface area contributed by atoms with Gasteiger partial charge in [-0.05, 0) is 36.9 Å². The van der Waals surface area contributed by atoms with Gasteiger partial charge in [0.25, 0.3) is 5.91 Å². The topological polar surface area (TPSA) is 82.2 Å². The lowest BCUT2D eigenvalue weighted by molar-refractivity contribution is 0.102. The molecule has 0 saturated carbocycles. The van der Waals surface area contributed by atoms with Crippen molar-refractivity contribution in [2.75, 3.05) is 76.3 Å². The average Bonchev–Trinajstić information content (AvgIpc) is 2.92. The Morgan fingerprint density at radius 3 is 2.24 bits per heavy atom. The van der Waals surface area contributed by atoms with Crippen molar-refractivity contribution < 1.29 is 17.9 Å². The summed E-state index contributed by atoms with van der Waals surface area (Å²) in [6.45, 7) is 7.60. The molecule has 9 heteroatoms. The molecule has 0 spiro atoms. The van der Waals surface area contributed by atoms with Gasteiger partial charge < -0.3 is 15.0 Å². The van der Waals surface area contributed by atoms with E-state index in [9.17, 15) is 13.2 Å². The Balaban J connectivity index is 1.20. The third kappa shape index (κ3) is 6.71. The molecule has 0 unspecified atom stereocenters. The highest BCUT2D eigenvalue weighted by atomic mass is 32.2. The Morgan fingerprint density at radius 2 is 1.53 bits per heavy atom. The number of rotatable bonds is 8. The first-order chi connectivity index (χ1) is 18.4. The Morgan fingerprint density at radius 1 is 0.842 bits per heavy atom. The molecule has 3 aromatic carbocycles. The Bertz CT molecular complexity index is 1360. The van der Waals surface area contributed by atoms with E-state index in [1.54, 1.807) is 0 Å². The van der Waals surface area contributed by atoms with Crippen molar-refractivity contribution in [3.63, 3.8) is 0 Å². The van der Waals surface area contributed by atoms with E-state index < -0.39 is 9.84 Å². The monoisotopic (exact) mass is 536 g/mol. The fourth-order valence-electron chi connectivity index (χ4n) is 4.99. The standard InChI is InChI=1S/C29H36N4O4S/c1-31-12-14-32(15-13-31)16-19-37-28-11-10-27(25-4-2-3-5-26(25)28)30-29(34)24-8-6-23(7-9-24)22-33-17-20-38(35,36)21-18-33/h2-11H,12-22H2,1H3,(H,30,34). The van der Waals surface area contributed by atoms with E-state index in [4.69, 9.17) is 4.74 Å². The molecule has 0 radical (unpaired) electrons. The Labute approximate surface area is 225 Å². The summed E-state index contributed by atoms with van der Waals surface area (Å²) < 4.78 is 29.5. The Hall–Kier alpha value is -2.98. The number of anilines is 1. The molecule has 2 fully saturated rings. The molecular formula is C29H36N4O4S. The van der Waals surface area contributed by atoms with Crippen LogP contribution in [-0.4, -0.2) is 100.0 Å². The highest BCUT2D eigenvalue weighted by Crippen LogP contribution is 2.32. The van der Waals surface area contributed by atoms with E-state index in [-0.39, 0.29) is 17.4 Å². The number of nitrogens with zero attached hydrogens (tertiary/aromatic N) is 3. The van der Waals surface area contributed by atoms with Crippen LogP contribution in [0.2, 0.25) is 0 Å². The van der Waals surface area contributed by atoms with Gasteiger partial charge in [0.05, 0.1) is 11.5 Å². The van der Waals surface area contributed by atoms with Gasteiger partial charge in [-0.25, -0.2) is 8.42 Å². The number of benzene rings is 3. The van der Waals surface area contributed by atoms with Gasteiger partial charge in [-0.15, -0.1) is 0 Å². The van der Waals surface area contributed by atoms with Crippen LogP contribution < -0.4 is 10.1 Å². The number of piperazine rings is 1. The van der Waals surface area contributed by atoms with Crippen LogP contribution >= 0.6 is 0 Å². The van der Waals surface area contributed by atoms with Gasteiger partial charge in [0, 0.05) is 74.4 Å². The minimum absolute atomic E-state index is 0.172. The van der Waals surface area contributed by atoms with Crippen LogP contribution in [0.25, 0.3) is 10.8 Å². The van der Waals surface area contributed by atoms with Crippen LogP contribution in [0, 0.1) is 0 Å². The molecule has 8 nitrogen and oxygen atoms in total. The summed E-state index contributed by atoms with van der Waals surface area (Å²) >= 11 is 0. The highest BCUT2D eigenvalue weighted by Gasteiger charge is 2.21. The van der Waals surface area contributed by atoms with E-state index in [2.05, 4.69) is 27.1 Å². The van der Waals surface area contributed by atoms with E-state index in [0.29, 0.717) is 31.8 Å². The predicted octanol–water partition coefficient (Wildman–Crippen LogP) is 2.95. The molecule has 5 rings (SSSR count). The number of hydrogen-bond donors (Lipinski definition) is 1. The number of sulfone groups is 1. The molecule has 38 heavy (non-hydrogen) atoms. The van der Waals surface area contributed by atoms with Crippen LogP contribution in [0.1, 0.15) is 15.9 Å². The number of carbonyl (C=O) groups excluding carboxylic acids is 1. The predicted molar refractivity (Wildman–Crippen MR) is 152 cm³/mol. The molecule has 2 heterocycles. The van der Waals surface area contributed by atoms with Crippen molar-refractivity contribution >= 4 is 32.2 Å². The molecule has 1 N–H and O–H groups in total. The van der Waals surface area contributed by atoms with Gasteiger partial charge in [0.1, 0.15) is 12.4 Å². The van der Waals surface area contributed by atoms with E-state index in [1.165, 1.54) is 0 Å². The third-order valence-electron chi connectivity index (χ3n) is 7.45. The first kappa shape index (κ1) is 26.6. The number of nitrogens with one attached hydrogen (secondary N) is 1. The average molecular weight is 537 g/mol. The molecule has 0 aliphatic carbocycles. The maximum atomic E-state index is 13.1. The van der Waals surface area contributed by atoms with Crippen LogP contribution in [0.15, 0.2) is 60.7 Å². The minimum atomic E-state index is -2.89. The van der Waals surface area contributed by atoms with Gasteiger partial charge in [0.15, 0.2) is 9.84 Å². The van der Waals surface area contributed by atoms with E-state index >= 15 is 0 Å². The van der Waals surface area contributed by atoms with Crippen LogP contribution in [0.5, 0.6) is 5.75 Å². The van der Waals surface area contributed by atoms with Crippen LogP contribution in [-0.2, 0) is 16.4 Å². The molecule has 2 saturated heterocycles. The normalized spacial score (nSPS) is 18.9. The lowest BCUT2D eigenvalue weighted by atomic mass is 10.1. The summed E-state index contributed by atoms with van der Waals surface area (Å²) in [7, 11) is -0.735. The number of fused-ring (bicyclic) bond motifs is 1. The van der Waals surface area contributed by atoms with Crippen molar-refractivity contribution in [2.45, 2.75) is 6.54 Å². The van der Waals surface area contributed by atoms with Gasteiger partial charge >= 0.3 is 0 Å². The lowest BCUT2D eigenvalue weighted by Crippen LogP contribution is -2.45. The molecule has 2 aliphatic rings. The SMILES string of the molecule is CN1CCN(CCOc2ccc(NC(=O)c3ccc(CN4CCS(=O)(=O)CC4)cc3)c3ccccc23)CC1. The first-order valence-corrected chi connectivity index (χ1v) is 15.1. The first-order valence-electron chi connectivity index (χ1n) is 13.2. The highest BCUT2D eigenvalue weighted by molar-refractivity contribution is 7.91. The minimum Gasteiger partial charge on any atom is -0.492 e. The largest absolute Gasteiger partial charge is 0.492 e. The molecule has 0 bridgehead atoms. The molecule has 1 amide bonds. The number of amides is 1. The smallest absolute Gasteiger partial charge is 0.255 e. The lowest BCUT2D eigenvalue weighted by Gasteiger charge is -2.32. The molecule has 0 atom stereocenters. The maximum Gasteiger partial charge on any atom is 0.255 e. The second-order valence-electron chi connectivity index (χ2n) is 10.2.